The Morgan fingerprint density at radius 3 is 2.84 bits per heavy atom. The summed E-state index contributed by atoms with van der Waals surface area (Å²) < 4.78 is 11.4. The molecule has 0 aromatic carbocycles. The van der Waals surface area contributed by atoms with Gasteiger partial charge in [-0.25, -0.2) is 4.98 Å². The van der Waals surface area contributed by atoms with Gasteiger partial charge in [0.25, 0.3) is 11.6 Å². The first-order chi connectivity index (χ1) is 15.5. The Bertz CT molecular complexity index is 1250. The van der Waals surface area contributed by atoms with E-state index in [1.165, 1.54) is 9.75 Å². The van der Waals surface area contributed by atoms with Crippen molar-refractivity contribution in [3.05, 3.63) is 55.5 Å². The molecule has 0 bridgehead atoms. The number of rotatable bonds is 6. The highest BCUT2D eigenvalue weighted by Crippen LogP contribution is 2.33. The number of carbonyl (C=O) groups is 1. The van der Waals surface area contributed by atoms with Crippen LogP contribution in [0.25, 0.3) is 22.4 Å². The molecule has 1 atom stereocenters. The van der Waals surface area contributed by atoms with Crippen LogP contribution in [0.15, 0.2) is 34.2 Å². The third-order valence-corrected chi connectivity index (χ3v) is 7.65. The standard InChI is InChI=1S/C24H25N3O3S2/c1-14-10-19(16(3)32-14)21-11-20(22-15(2)26-30-23(22)25-21)24(28)27(12-17-6-4-8-29-17)13-18-7-5-9-31-18/h5,7,9-11,17H,4,6,8,12-13H2,1-3H3. The van der Waals surface area contributed by atoms with E-state index in [1.54, 1.807) is 22.7 Å². The van der Waals surface area contributed by atoms with Crippen LogP contribution in [0.4, 0.5) is 0 Å². The number of aromatic nitrogens is 2. The molecule has 8 heteroatoms. The summed E-state index contributed by atoms with van der Waals surface area (Å²) in [7, 11) is 0. The van der Waals surface area contributed by atoms with Gasteiger partial charge in [-0.1, -0.05) is 11.2 Å². The van der Waals surface area contributed by atoms with Gasteiger partial charge in [0, 0.05) is 33.3 Å². The molecule has 1 unspecified atom stereocenters. The second kappa shape index (κ2) is 8.77. The molecule has 0 saturated carbocycles. The summed E-state index contributed by atoms with van der Waals surface area (Å²) in [5, 5.41) is 6.84. The third-order valence-electron chi connectivity index (χ3n) is 5.83. The van der Waals surface area contributed by atoms with Gasteiger partial charge in [0.1, 0.15) is 0 Å². The quantitative estimate of drug-likeness (QED) is 0.361. The fraction of sp³-hybridized carbons (Fsp3) is 0.375. The summed E-state index contributed by atoms with van der Waals surface area (Å²) in [5.74, 6) is -0.0431. The van der Waals surface area contributed by atoms with Crippen molar-refractivity contribution >= 4 is 39.7 Å². The van der Waals surface area contributed by atoms with Gasteiger partial charge in [0.05, 0.1) is 35.0 Å². The Balaban J connectivity index is 1.59. The summed E-state index contributed by atoms with van der Waals surface area (Å²) in [6.07, 6.45) is 2.09. The van der Waals surface area contributed by atoms with Crippen molar-refractivity contribution < 1.29 is 14.1 Å². The number of nitrogens with zero attached hydrogens (tertiary/aromatic N) is 3. The maximum Gasteiger partial charge on any atom is 0.259 e. The van der Waals surface area contributed by atoms with Gasteiger partial charge >= 0.3 is 0 Å². The SMILES string of the molecule is Cc1cc(-c2cc(C(=O)N(Cc3cccs3)CC3CCCO3)c3c(C)noc3n2)c(C)s1. The van der Waals surface area contributed by atoms with Crippen LogP contribution in [-0.2, 0) is 11.3 Å². The van der Waals surface area contributed by atoms with Crippen molar-refractivity contribution in [2.45, 2.75) is 46.3 Å². The number of fused-ring (bicyclic) bond motifs is 1. The minimum atomic E-state index is -0.0431. The Morgan fingerprint density at radius 1 is 1.28 bits per heavy atom. The van der Waals surface area contributed by atoms with E-state index in [-0.39, 0.29) is 12.0 Å². The van der Waals surface area contributed by atoms with E-state index in [4.69, 9.17) is 14.2 Å². The van der Waals surface area contributed by atoms with Gasteiger partial charge < -0.3 is 14.2 Å². The van der Waals surface area contributed by atoms with E-state index >= 15 is 0 Å². The lowest BCUT2D eigenvalue weighted by Gasteiger charge is -2.25. The summed E-state index contributed by atoms with van der Waals surface area (Å²) in [6, 6.07) is 8.10. The molecule has 1 amide bonds. The van der Waals surface area contributed by atoms with Gasteiger partial charge in [0.2, 0.25) is 0 Å². The lowest BCUT2D eigenvalue weighted by atomic mass is 10.0. The number of aryl methyl sites for hydroxylation is 3. The molecule has 5 rings (SSSR count). The van der Waals surface area contributed by atoms with Crippen LogP contribution in [-0.4, -0.2) is 40.2 Å². The van der Waals surface area contributed by atoms with Crippen LogP contribution in [0, 0.1) is 20.8 Å². The zero-order chi connectivity index (χ0) is 22.2. The van der Waals surface area contributed by atoms with Crippen molar-refractivity contribution in [1.29, 1.82) is 0 Å². The number of pyridine rings is 1. The van der Waals surface area contributed by atoms with E-state index < -0.39 is 0 Å². The normalized spacial score (nSPS) is 16.2. The van der Waals surface area contributed by atoms with Gasteiger partial charge in [0.15, 0.2) is 0 Å². The predicted molar refractivity (Wildman–Crippen MR) is 127 cm³/mol. The zero-order valence-electron chi connectivity index (χ0n) is 18.4. The Kier molecular flexibility index (Phi) is 5.84. The van der Waals surface area contributed by atoms with Crippen LogP contribution in [0.5, 0.6) is 0 Å². The molecule has 5 heterocycles. The van der Waals surface area contributed by atoms with Crippen LogP contribution in [0.2, 0.25) is 0 Å². The number of amides is 1. The second-order valence-corrected chi connectivity index (χ2v) is 10.7. The lowest BCUT2D eigenvalue weighted by molar-refractivity contribution is 0.0511. The summed E-state index contributed by atoms with van der Waals surface area (Å²) in [6.45, 7) is 7.89. The van der Waals surface area contributed by atoms with Crippen molar-refractivity contribution in [1.82, 2.24) is 15.0 Å². The first-order valence-electron chi connectivity index (χ1n) is 10.8. The third kappa shape index (κ3) is 4.10. The highest BCUT2D eigenvalue weighted by Gasteiger charge is 2.28. The molecule has 4 aromatic heterocycles. The molecule has 6 nitrogen and oxygen atoms in total. The van der Waals surface area contributed by atoms with Gasteiger partial charge in [-0.05, 0) is 57.2 Å². The molecule has 1 aliphatic rings. The van der Waals surface area contributed by atoms with Gasteiger partial charge in [-0.3, -0.25) is 4.79 Å². The van der Waals surface area contributed by atoms with Crippen molar-refractivity contribution in [3.8, 4) is 11.3 Å². The van der Waals surface area contributed by atoms with Crippen molar-refractivity contribution in [2.24, 2.45) is 0 Å². The lowest BCUT2D eigenvalue weighted by Crippen LogP contribution is -2.37. The van der Waals surface area contributed by atoms with Gasteiger partial charge in [-0.2, -0.15) is 0 Å². The molecule has 0 aliphatic carbocycles. The topological polar surface area (TPSA) is 68.5 Å². The maximum atomic E-state index is 14.0. The fourth-order valence-electron chi connectivity index (χ4n) is 4.30. The molecular formula is C24H25N3O3S2. The molecule has 166 valence electrons. The van der Waals surface area contributed by atoms with E-state index in [9.17, 15) is 4.79 Å². The molecule has 1 fully saturated rings. The number of hydrogen-bond acceptors (Lipinski definition) is 7. The molecule has 32 heavy (non-hydrogen) atoms. The number of ether oxygens (including phenoxy) is 1. The second-order valence-electron chi connectivity index (χ2n) is 8.23. The van der Waals surface area contributed by atoms with Crippen molar-refractivity contribution in [2.75, 3.05) is 13.2 Å². The minimum Gasteiger partial charge on any atom is -0.376 e. The van der Waals surface area contributed by atoms with Crippen LogP contribution in [0.3, 0.4) is 0 Å². The molecule has 1 aliphatic heterocycles. The Labute approximate surface area is 194 Å². The molecule has 0 radical (unpaired) electrons. The molecule has 0 spiro atoms. The highest BCUT2D eigenvalue weighted by molar-refractivity contribution is 7.12. The van der Waals surface area contributed by atoms with Crippen LogP contribution in [0.1, 0.15) is 43.5 Å². The average molecular weight is 468 g/mol. The van der Waals surface area contributed by atoms with E-state index in [1.807, 2.05) is 29.3 Å². The maximum absolute atomic E-state index is 14.0. The smallest absolute Gasteiger partial charge is 0.259 e. The molecule has 4 aromatic rings. The number of thiophene rings is 2. The van der Waals surface area contributed by atoms with E-state index in [2.05, 4.69) is 31.1 Å². The highest BCUT2D eigenvalue weighted by atomic mass is 32.1. The number of carbonyl (C=O) groups excluding carboxylic acids is 1. The summed E-state index contributed by atoms with van der Waals surface area (Å²) in [5.41, 5.74) is 3.43. The number of hydrogen-bond donors (Lipinski definition) is 0. The van der Waals surface area contributed by atoms with E-state index in [0.29, 0.717) is 35.4 Å². The first-order valence-corrected chi connectivity index (χ1v) is 12.5. The molecule has 1 saturated heterocycles. The zero-order valence-corrected chi connectivity index (χ0v) is 20.0. The Hall–Kier alpha value is -2.55. The monoisotopic (exact) mass is 467 g/mol. The summed E-state index contributed by atoms with van der Waals surface area (Å²) >= 11 is 3.38. The Morgan fingerprint density at radius 2 is 2.16 bits per heavy atom. The minimum absolute atomic E-state index is 0.0431. The first kappa shape index (κ1) is 21.3. The summed E-state index contributed by atoms with van der Waals surface area (Å²) in [4.78, 5) is 24.1. The van der Waals surface area contributed by atoms with Crippen LogP contribution >= 0.6 is 22.7 Å². The van der Waals surface area contributed by atoms with Crippen LogP contribution < -0.4 is 0 Å². The molecular weight excluding hydrogens is 442 g/mol. The predicted octanol–water partition coefficient (Wildman–Crippen LogP) is 5.76. The largest absolute Gasteiger partial charge is 0.376 e. The molecule has 0 N–H and O–H groups in total. The fourth-order valence-corrected chi connectivity index (χ4v) is 5.95. The average Bonchev–Trinajstić information content (AvgIpc) is 3.56. The van der Waals surface area contributed by atoms with Gasteiger partial charge in [-0.15, -0.1) is 22.7 Å². The van der Waals surface area contributed by atoms with E-state index in [0.717, 1.165) is 35.6 Å². The van der Waals surface area contributed by atoms with Crippen molar-refractivity contribution in [3.63, 3.8) is 0 Å².